The van der Waals surface area contributed by atoms with Crippen LogP contribution >= 0.6 is 0 Å². The van der Waals surface area contributed by atoms with E-state index in [2.05, 4.69) is 32.0 Å². The normalized spacial score (nSPS) is 6.00. The number of aryl methyl sites for hydroxylation is 2. The van der Waals surface area contributed by atoms with Crippen LogP contribution in [0.4, 0.5) is 0 Å². The van der Waals surface area contributed by atoms with E-state index < -0.39 is 0 Å². The van der Waals surface area contributed by atoms with Gasteiger partial charge in [0.25, 0.3) is 0 Å². The molecule has 0 bridgehead atoms. The zero-order valence-corrected chi connectivity index (χ0v) is 10.2. The molecule has 0 aliphatic heterocycles. The first-order chi connectivity index (χ1) is 3.30. The van der Waals surface area contributed by atoms with Gasteiger partial charge in [0.15, 0.2) is 0 Å². The van der Waals surface area contributed by atoms with Gasteiger partial charge in [-0.1, -0.05) is 13.8 Å². The van der Waals surface area contributed by atoms with Gasteiger partial charge in [0.1, 0.15) is 0 Å². The van der Waals surface area contributed by atoms with Crippen LogP contribution in [0.1, 0.15) is 11.1 Å². The van der Waals surface area contributed by atoms with Crippen molar-refractivity contribution in [3.63, 3.8) is 0 Å². The summed E-state index contributed by atoms with van der Waals surface area (Å²) in [6, 6.07) is 6.31. The van der Waals surface area contributed by atoms with Crippen molar-refractivity contribution in [2.24, 2.45) is 0 Å². The quantitative estimate of drug-likeness (QED) is 0.316. The molecule has 1 aromatic carbocycles. The van der Waals surface area contributed by atoms with Crippen LogP contribution in [-0.2, 0) is 21.7 Å². The molecule has 0 fully saturated rings. The number of rotatable bonds is 0. The third-order valence-electron chi connectivity index (χ3n) is 1.31. The van der Waals surface area contributed by atoms with E-state index in [9.17, 15) is 0 Å². The number of halogens is 3. The Hall–Kier alpha value is 0.934. The molecule has 0 aromatic heterocycles. The van der Waals surface area contributed by atoms with Crippen LogP contribution in [0.25, 0.3) is 0 Å². The Bertz CT molecular complexity index is 146. The summed E-state index contributed by atoms with van der Waals surface area (Å²) in [5.74, 6) is 0. The van der Waals surface area contributed by atoms with Gasteiger partial charge >= 0.3 is 21.7 Å². The summed E-state index contributed by atoms with van der Waals surface area (Å²) in [6.07, 6.45) is 0. The molecule has 0 radical (unpaired) electrons. The Morgan fingerprint density at radius 2 is 1.64 bits per heavy atom. The van der Waals surface area contributed by atoms with E-state index in [1.54, 1.807) is 0 Å². The van der Waals surface area contributed by atoms with Crippen LogP contribution in [0.2, 0.25) is 0 Å². The average Bonchev–Trinajstić information content (AvgIpc) is 1.91. The number of hydrogen-bond acceptors (Lipinski definition) is 0. The largest absolute Gasteiger partial charge is 4.00 e. The molecule has 0 nitrogen and oxygen atoms in total. The molecule has 0 aliphatic rings. The summed E-state index contributed by atoms with van der Waals surface area (Å²) in [7, 11) is 0. The van der Waals surface area contributed by atoms with E-state index in [-0.39, 0.29) is 58.9 Å². The second-order valence-electron chi connectivity index (χ2n) is 1.89. The van der Waals surface area contributed by atoms with Gasteiger partial charge in [-0.15, -0.1) is 0 Å². The third-order valence-corrected chi connectivity index (χ3v) is 1.31. The van der Waals surface area contributed by atoms with E-state index in [1.165, 1.54) is 11.1 Å². The van der Waals surface area contributed by atoms with Crippen LogP contribution in [-0.4, -0.2) is 0 Å². The van der Waals surface area contributed by atoms with Gasteiger partial charge in [0.2, 0.25) is 0 Å². The molecule has 0 N–H and O–H groups in total. The fourth-order valence-corrected chi connectivity index (χ4v) is 0.600. The van der Waals surface area contributed by atoms with E-state index in [4.69, 9.17) is 0 Å². The average molecular weight is 247 g/mol. The van der Waals surface area contributed by atoms with Crippen LogP contribution in [0.3, 0.4) is 0 Å². The molecule has 0 saturated carbocycles. The van der Waals surface area contributed by atoms with Crippen molar-refractivity contribution in [2.45, 2.75) is 13.8 Å². The monoisotopic (exact) mass is 246 g/mol. The van der Waals surface area contributed by atoms with Gasteiger partial charge in [0.05, 0.1) is 0 Å². The fraction of sp³-hybridized carbons (Fsp3) is 0.286. The van der Waals surface area contributed by atoms with Crippen LogP contribution in [0.15, 0.2) is 18.2 Å². The summed E-state index contributed by atoms with van der Waals surface area (Å²) in [5, 5.41) is 0. The molecule has 0 heterocycles. The molecule has 11 heavy (non-hydrogen) atoms. The minimum Gasteiger partial charge on any atom is -1.00 e. The fourth-order valence-electron chi connectivity index (χ4n) is 0.600. The Morgan fingerprint density at radius 3 is 1.73 bits per heavy atom. The Balaban J connectivity index is -0.0000000612. The summed E-state index contributed by atoms with van der Waals surface area (Å²) >= 11 is 0. The van der Waals surface area contributed by atoms with Crippen molar-refractivity contribution in [1.29, 1.82) is 0 Å². The topological polar surface area (TPSA) is 0 Å². The molecule has 0 saturated heterocycles. The smallest absolute Gasteiger partial charge is 1.00 e. The zero-order valence-electron chi connectivity index (χ0n) is 6.37. The van der Waals surface area contributed by atoms with Gasteiger partial charge in [-0.3, -0.25) is 0 Å². The Morgan fingerprint density at radius 1 is 1.18 bits per heavy atom. The minimum absolute atomic E-state index is 0. The molecule has 0 atom stereocenters. The summed E-state index contributed by atoms with van der Waals surface area (Å²) in [5.41, 5.74) is 2.78. The van der Waals surface area contributed by atoms with Crippen molar-refractivity contribution < 1.29 is 58.9 Å². The standard InChI is InChI=1S/C7H9.3ClH.Ti/c1-6-4-3-5-7(6)2;;;;/h3-5H,1-2H3;3*1H;/q-1;;;;+4/p-3. The molecule has 0 unspecified atom stereocenters. The molecule has 0 amide bonds. The summed E-state index contributed by atoms with van der Waals surface area (Å²) in [6.45, 7) is 4.24. The minimum atomic E-state index is 0. The second kappa shape index (κ2) is 10.9. The molecular formula is C7H9Cl3Ti. The van der Waals surface area contributed by atoms with Crippen molar-refractivity contribution in [3.05, 3.63) is 29.3 Å². The van der Waals surface area contributed by atoms with E-state index in [0.717, 1.165) is 0 Å². The second-order valence-corrected chi connectivity index (χ2v) is 1.89. The van der Waals surface area contributed by atoms with Crippen molar-refractivity contribution >= 4 is 0 Å². The number of hydrogen-bond donors (Lipinski definition) is 0. The van der Waals surface area contributed by atoms with Crippen LogP contribution < -0.4 is 37.2 Å². The maximum absolute atomic E-state index is 2.12. The maximum Gasteiger partial charge on any atom is 4.00 e. The molecule has 1 rings (SSSR count). The predicted molar refractivity (Wildman–Crippen MR) is 31.5 cm³/mol. The van der Waals surface area contributed by atoms with E-state index in [0.29, 0.717) is 0 Å². The molecular weight excluding hydrogens is 238 g/mol. The zero-order chi connectivity index (χ0) is 5.28. The molecule has 0 aliphatic carbocycles. The first-order valence-electron chi connectivity index (χ1n) is 2.49. The van der Waals surface area contributed by atoms with Crippen LogP contribution in [0.5, 0.6) is 0 Å². The van der Waals surface area contributed by atoms with Gasteiger partial charge in [0, 0.05) is 0 Å². The van der Waals surface area contributed by atoms with E-state index >= 15 is 0 Å². The van der Waals surface area contributed by atoms with Crippen molar-refractivity contribution in [2.75, 3.05) is 0 Å². The van der Waals surface area contributed by atoms with Gasteiger partial charge in [-0.05, 0) is 0 Å². The SMILES string of the molecule is Cc1ccc[c-]1C.[Cl-].[Cl-].[Cl-].[Ti+4]. The Labute approximate surface area is 102 Å². The molecule has 4 heteroatoms. The molecule has 62 valence electrons. The summed E-state index contributed by atoms with van der Waals surface area (Å²) < 4.78 is 0. The first-order valence-corrected chi connectivity index (χ1v) is 2.49. The van der Waals surface area contributed by atoms with E-state index in [1.807, 2.05) is 0 Å². The van der Waals surface area contributed by atoms with Crippen molar-refractivity contribution in [1.82, 2.24) is 0 Å². The van der Waals surface area contributed by atoms with Gasteiger partial charge in [-0.2, -0.15) is 17.2 Å². The molecule has 0 spiro atoms. The Kier molecular flexibility index (Phi) is 22.5. The summed E-state index contributed by atoms with van der Waals surface area (Å²) in [4.78, 5) is 0. The van der Waals surface area contributed by atoms with Crippen LogP contribution in [0, 0.1) is 13.8 Å². The van der Waals surface area contributed by atoms with Gasteiger partial charge in [-0.25, -0.2) is 12.1 Å². The van der Waals surface area contributed by atoms with Crippen molar-refractivity contribution in [3.8, 4) is 0 Å². The first kappa shape index (κ1) is 22.7. The predicted octanol–water partition coefficient (Wildman–Crippen LogP) is -6.97. The van der Waals surface area contributed by atoms with Gasteiger partial charge < -0.3 is 37.2 Å². The maximum atomic E-state index is 2.12. The third kappa shape index (κ3) is 7.30. The molecule has 1 aromatic rings.